The molecule has 1 aromatic heterocycles. The largest absolute Gasteiger partial charge is 0.355 e. The van der Waals surface area contributed by atoms with Gasteiger partial charge in [-0.15, -0.1) is 0 Å². The lowest BCUT2D eigenvalue weighted by Gasteiger charge is -2.09. The molecule has 0 fully saturated rings. The minimum absolute atomic E-state index is 0.0471. The van der Waals surface area contributed by atoms with E-state index in [0.717, 1.165) is 11.3 Å². The number of rotatable bonds is 8. The summed E-state index contributed by atoms with van der Waals surface area (Å²) in [7, 11) is -1.34. The van der Waals surface area contributed by atoms with Crippen LogP contribution in [0.4, 0.5) is 0 Å². The van der Waals surface area contributed by atoms with Crippen LogP contribution in [0.3, 0.4) is 0 Å². The zero-order chi connectivity index (χ0) is 19.8. The molecular formula is C21H20N4O2S. The topological polar surface area (TPSA) is 87.8 Å². The SMILES string of the molecule is N#Cc1ccc(Cn2cncc2CCNC(=O)CS(=O)c2ccccc2)cc1. The highest BCUT2D eigenvalue weighted by atomic mass is 32.2. The third-order valence-corrected chi connectivity index (χ3v) is 5.53. The first-order chi connectivity index (χ1) is 13.7. The van der Waals surface area contributed by atoms with Gasteiger partial charge < -0.3 is 9.88 Å². The molecule has 1 amide bonds. The van der Waals surface area contributed by atoms with Crippen molar-refractivity contribution >= 4 is 16.7 Å². The minimum Gasteiger partial charge on any atom is -0.355 e. The van der Waals surface area contributed by atoms with Crippen molar-refractivity contribution in [3.8, 4) is 6.07 Å². The van der Waals surface area contributed by atoms with Gasteiger partial charge in [0, 0.05) is 36.3 Å². The predicted octanol–water partition coefficient (Wildman–Crippen LogP) is 2.27. The second kappa shape index (κ2) is 9.62. The molecular weight excluding hydrogens is 372 g/mol. The molecule has 0 saturated carbocycles. The van der Waals surface area contributed by atoms with E-state index in [-0.39, 0.29) is 11.7 Å². The lowest BCUT2D eigenvalue weighted by Crippen LogP contribution is -2.30. The zero-order valence-corrected chi connectivity index (χ0v) is 16.1. The number of nitrogens with one attached hydrogen (secondary N) is 1. The van der Waals surface area contributed by atoms with Crippen LogP contribution in [0, 0.1) is 11.3 Å². The van der Waals surface area contributed by atoms with E-state index in [9.17, 15) is 9.00 Å². The average Bonchev–Trinajstić information content (AvgIpc) is 3.16. The van der Waals surface area contributed by atoms with Crippen LogP contribution < -0.4 is 5.32 Å². The Balaban J connectivity index is 1.49. The van der Waals surface area contributed by atoms with Crippen LogP contribution >= 0.6 is 0 Å². The maximum absolute atomic E-state index is 12.2. The smallest absolute Gasteiger partial charge is 0.233 e. The number of carbonyl (C=O) groups is 1. The Labute approximate surface area is 166 Å². The molecule has 2 aromatic carbocycles. The van der Waals surface area contributed by atoms with Crippen molar-refractivity contribution in [2.75, 3.05) is 12.3 Å². The van der Waals surface area contributed by atoms with Gasteiger partial charge in [-0.3, -0.25) is 9.00 Å². The summed E-state index contributed by atoms with van der Waals surface area (Å²) in [5.41, 5.74) is 2.69. The average molecular weight is 392 g/mol. The summed E-state index contributed by atoms with van der Waals surface area (Å²) in [5, 5.41) is 11.7. The lowest BCUT2D eigenvalue weighted by atomic mass is 10.1. The van der Waals surface area contributed by atoms with E-state index < -0.39 is 10.8 Å². The number of nitrogens with zero attached hydrogens (tertiary/aromatic N) is 3. The molecule has 0 aliphatic carbocycles. The molecule has 142 valence electrons. The lowest BCUT2D eigenvalue weighted by molar-refractivity contribution is -0.118. The fourth-order valence-electron chi connectivity index (χ4n) is 2.74. The molecule has 0 saturated heterocycles. The Kier molecular flexibility index (Phi) is 6.71. The van der Waals surface area contributed by atoms with Gasteiger partial charge >= 0.3 is 0 Å². The number of benzene rings is 2. The molecule has 3 aromatic rings. The summed E-state index contributed by atoms with van der Waals surface area (Å²) in [6.45, 7) is 1.09. The van der Waals surface area contributed by atoms with E-state index in [0.29, 0.717) is 30.0 Å². The first kappa shape index (κ1) is 19.5. The highest BCUT2D eigenvalue weighted by molar-refractivity contribution is 7.85. The van der Waals surface area contributed by atoms with Crippen molar-refractivity contribution in [1.29, 1.82) is 5.26 Å². The summed E-state index contributed by atoms with van der Waals surface area (Å²) in [6, 6.07) is 18.5. The Morgan fingerprint density at radius 1 is 1.14 bits per heavy atom. The van der Waals surface area contributed by atoms with Gasteiger partial charge in [-0.1, -0.05) is 30.3 Å². The number of nitriles is 1. The summed E-state index contributed by atoms with van der Waals surface area (Å²) < 4.78 is 14.2. The first-order valence-corrected chi connectivity index (χ1v) is 10.2. The zero-order valence-electron chi connectivity index (χ0n) is 15.2. The maximum Gasteiger partial charge on any atom is 0.233 e. The molecule has 0 bridgehead atoms. The van der Waals surface area contributed by atoms with Gasteiger partial charge in [0.15, 0.2) is 0 Å². The molecule has 28 heavy (non-hydrogen) atoms. The van der Waals surface area contributed by atoms with Crippen molar-refractivity contribution < 1.29 is 9.00 Å². The molecule has 6 nitrogen and oxygen atoms in total. The van der Waals surface area contributed by atoms with Crippen molar-refractivity contribution in [1.82, 2.24) is 14.9 Å². The molecule has 1 N–H and O–H groups in total. The first-order valence-electron chi connectivity index (χ1n) is 8.84. The minimum atomic E-state index is -1.34. The van der Waals surface area contributed by atoms with E-state index >= 15 is 0 Å². The monoisotopic (exact) mass is 392 g/mol. The molecule has 1 unspecified atom stereocenters. The van der Waals surface area contributed by atoms with Gasteiger partial charge in [0.05, 0.1) is 28.8 Å². The Morgan fingerprint density at radius 2 is 1.89 bits per heavy atom. The third kappa shape index (κ3) is 5.38. The van der Waals surface area contributed by atoms with Crippen molar-refractivity contribution in [2.24, 2.45) is 0 Å². The van der Waals surface area contributed by atoms with Crippen LogP contribution in [0.2, 0.25) is 0 Å². The number of hydrogen-bond acceptors (Lipinski definition) is 4. The van der Waals surface area contributed by atoms with Crippen molar-refractivity contribution in [3.63, 3.8) is 0 Å². The quantitative estimate of drug-likeness (QED) is 0.637. The fraction of sp³-hybridized carbons (Fsp3) is 0.190. The van der Waals surface area contributed by atoms with Gasteiger partial charge in [0.1, 0.15) is 5.75 Å². The Bertz CT molecular complexity index is 991. The highest BCUT2D eigenvalue weighted by Crippen LogP contribution is 2.09. The maximum atomic E-state index is 12.2. The number of amides is 1. The van der Waals surface area contributed by atoms with Crippen molar-refractivity contribution in [2.45, 2.75) is 17.9 Å². The van der Waals surface area contributed by atoms with Crippen molar-refractivity contribution in [3.05, 3.63) is 83.9 Å². The number of hydrogen-bond donors (Lipinski definition) is 1. The number of imidazole rings is 1. The molecule has 1 heterocycles. The van der Waals surface area contributed by atoms with Gasteiger partial charge in [-0.05, 0) is 29.8 Å². The molecule has 0 spiro atoms. The second-order valence-corrected chi connectivity index (χ2v) is 7.68. The number of carbonyl (C=O) groups excluding carboxylic acids is 1. The van der Waals surface area contributed by atoms with E-state index in [1.54, 1.807) is 48.9 Å². The van der Waals surface area contributed by atoms with Crippen LogP contribution in [-0.4, -0.2) is 32.0 Å². The summed E-state index contributed by atoms with van der Waals surface area (Å²) in [4.78, 5) is 16.9. The molecule has 7 heteroatoms. The van der Waals surface area contributed by atoms with Crippen LogP contribution in [0.5, 0.6) is 0 Å². The number of aromatic nitrogens is 2. The van der Waals surface area contributed by atoms with E-state index in [1.165, 1.54) is 0 Å². The van der Waals surface area contributed by atoms with Gasteiger partial charge in [-0.25, -0.2) is 4.98 Å². The van der Waals surface area contributed by atoms with Gasteiger partial charge in [-0.2, -0.15) is 5.26 Å². The Hall–Kier alpha value is -3.24. The molecule has 0 radical (unpaired) electrons. The molecule has 0 aliphatic rings. The summed E-state index contributed by atoms with van der Waals surface area (Å²) >= 11 is 0. The Morgan fingerprint density at radius 3 is 2.61 bits per heavy atom. The van der Waals surface area contributed by atoms with E-state index in [4.69, 9.17) is 5.26 Å². The van der Waals surface area contributed by atoms with E-state index in [1.807, 2.05) is 22.8 Å². The molecule has 0 aliphatic heterocycles. The normalized spacial score (nSPS) is 11.5. The fourth-order valence-corrected chi connectivity index (χ4v) is 3.70. The molecule has 1 atom stereocenters. The second-order valence-electron chi connectivity index (χ2n) is 6.22. The highest BCUT2D eigenvalue weighted by Gasteiger charge is 2.10. The third-order valence-electron chi connectivity index (χ3n) is 4.21. The van der Waals surface area contributed by atoms with Crippen LogP contribution in [0.1, 0.15) is 16.8 Å². The van der Waals surface area contributed by atoms with Crippen LogP contribution in [0.15, 0.2) is 72.0 Å². The molecule has 3 rings (SSSR count). The summed E-state index contributed by atoms with van der Waals surface area (Å²) in [6.07, 6.45) is 4.15. The predicted molar refractivity (Wildman–Crippen MR) is 107 cm³/mol. The summed E-state index contributed by atoms with van der Waals surface area (Å²) in [5.74, 6) is -0.283. The van der Waals surface area contributed by atoms with Gasteiger partial charge in [0.2, 0.25) is 5.91 Å². The van der Waals surface area contributed by atoms with E-state index in [2.05, 4.69) is 16.4 Å². The van der Waals surface area contributed by atoms with Crippen LogP contribution in [-0.2, 0) is 28.6 Å². The van der Waals surface area contributed by atoms with Gasteiger partial charge in [0.25, 0.3) is 0 Å². The van der Waals surface area contributed by atoms with Crippen LogP contribution in [0.25, 0.3) is 0 Å². The standard InChI is InChI=1S/C21H20N4O2S/c22-12-17-6-8-18(9-7-17)14-25-16-23-13-19(25)10-11-24-21(26)15-28(27)20-4-2-1-3-5-20/h1-9,13,16H,10-11,14-15H2,(H,24,26).